The predicted molar refractivity (Wildman–Crippen MR) is 106 cm³/mol. The lowest BCUT2D eigenvalue weighted by Crippen LogP contribution is -2.33. The van der Waals surface area contributed by atoms with Crippen LogP contribution in [0, 0.1) is 0 Å². The molecule has 1 nitrogen and oxygen atoms in total. The largest absolute Gasteiger partial charge is 0.205 e. The smallest absolute Gasteiger partial charge is 0.172 e. The van der Waals surface area contributed by atoms with Gasteiger partial charge < -0.3 is 0 Å². The minimum atomic E-state index is 1.18. The number of nitrogens with zero attached hydrogens (tertiary/aromatic N) is 1. The number of rotatable bonds is 15. The van der Waals surface area contributed by atoms with Crippen LogP contribution < -0.4 is 4.57 Å². The molecule has 0 aliphatic heterocycles. The zero-order chi connectivity index (χ0) is 17.5. The first-order chi connectivity index (χ1) is 11.8. The van der Waals surface area contributed by atoms with Gasteiger partial charge in [0.2, 0.25) is 0 Å². The average Bonchev–Trinajstić information content (AvgIpc) is 2.60. The van der Waals surface area contributed by atoms with Crippen molar-refractivity contribution in [2.24, 2.45) is 0 Å². The van der Waals surface area contributed by atoms with Gasteiger partial charge in [0.1, 0.15) is 6.54 Å². The maximum atomic E-state index is 2.46. The summed E-state index contributed by atoms with van der Waals surface area (Å²) < 4.78 is 2.42. The Kier molecular flexibility index (Phi) is 12.8. The van der Waals surface area contributed by atoms with Gasteiger partial charge in [0, 0.05) is 18.1 Å². The molecule has 24 heavy (non-hydrogen) atoms. The van der Waals surface area contributed by atoms with E-state index >= 15 is 0 Å². The van der Waals surface area contributed by atoms with E-state index in [-0.39, 0.29) is 0 Å². The van der Waals surface area contributed by atoms with Gasteiger partial charge in [0.15, 0.2) is 12.4 Å². The van der Waals surface area contributed by atoms with Crippen molar-refractivity contribution in [3.8, 4) is 0 Å². The van der Waals surface area contributed by atoms with Crippen LogP contribution in [0.2, 0.25) is 0 Å². The van der Waals surface area contributed by atoms with Gasteiger partial charge in [-0.15, -0.1) is 0 Å². The molecule has 1 heterocycles. The number of aryl methyl sites for hydroxylation is 3. The van der Waals surface area contributed by atoms with E-state index in [0.29, 0.717) is 0 Å². The van der Waals surface area contributed by atoms with Crippen molar-refractivity contribution in [3.63, 3.8) is 0 Å². The van der Waals surface area contributed by atoms with Crippen LogP contribution in [0.1, 0.15) is 109 Å². The summed E-state index contributed by atoms with van der Waals surface area (Å²) in [6.45, 7) is 8.05. The Bertz CT molecular complexity index is 410. The second-order valence-corrected chi connectivity index (χ2v) is 7.42. The molecule has 0 saturated carbocycles. The molecule has 0 aliphatic rings. The molecule has 0 aliphatic carbocycles. The molecule has 0 saturated heterocycles. The summed E-state index contributed by atoms with van der Waals surface area (Å²) >= 11 is 0. The molecule has 1 rings (SSSR count). The molecule has 1 aromatic heterocycles. The van der Waals surface area contributed by atoms with Gasteiger partial charge in [-0.25, -0.2) is 4.57 Å². The summed E-state index contributed by atoms with van der Waals surface area (Å²) in [6, 6.07) is 2.41. The van der Waals surface area contributed by atoms with Gasteiger partial charge in [-0.3, -0.25) is 0 Å². The van der Waals surface area contributed by atoms with Crippen molar-refractivity contribution in [2.75, 3.05) is 0 Å². The SMILES string of the molecule is CCCCCCCc1cc[n+](CCCC)cc1CCCCCCC. The van der Waals surface area contributed by atoms with Crippen LogP contribution in [-0.4, -0.2) is 0 Å². The van der Waals surface area contributed by atoms with Crippen LogP contribution in [0.5, 0.6) is 0 Å². The van der Waals surface area contributed by atoms with E-state index in [9.17, 15) is 0 Å². The molecule has 1 aromatic rings. The molecule has 0 N–H and O–H groups in total. The number of pyridine rings is 1. The minimum absolute atomic E-state index is 1.18. The first-order valence-electron chi connectivity index (χ1n) is 10.8. The van der Waals surface area contributed by atoms with Crippen LogP contribution >= 0.6 is 0 Å². The van der Waals surface area contributed by atoms with Crippen LogP contribution in [0.4, 0.5) is 0 Å². The van der Waals surface area contributed by atoms with E-state index in [1.165, 1.54) is 96.4 Å². The molecule has 1 heteroatoms. The zero-order valence-electron chi connectivity index (χ0n) is 16.8. The van der Waals surface area contributed by atoms with Gasteiger partial charge >= 0.3 is 0 Å². The molecule has 0 aromatic carbocycles. The van der Waals surface area contributed by atoms with E-state index in [0.717, 1.165) is 0 Å². The van der Waals surface area contributed by atoms with Gasteiger partial charge in [-0.2, -0.15) is 0 Å². The Labute approximate surface area is 151 Å². The molecule has 0 amide bonds. The summed E-state index contributed by atoms with van der Waals surface area (Å²) in [7, 11) is 0. The summed E-state index contributed by atoms with van der Waals surface area (Å²) in [4.78, 5) is 0. The highest BCUT2D eigenvalue weighted by Gasteiger charge is 2.09. The lowest BCUT2D eigenvalue weighted by Gasteiger charge is -2.09. The Morgan fingerprint density at radius 2 is 1.17 bits per heavy atom. The highest BCUT2D eigenvalue weighted by atomic mass is 14.9. The average molecular weight is 333 g/mol. The standard InChI is InChI=1S/C23H42N/c1-4-7-10-12-14-16-22-18-20-24(19-9-6-3)21-23(22)17-15-13-11-8-5-2/h18,20-21H,4-17,19H2,1-3H3/q+1. The lowest BCUT2D eigenvalue weighted by molar-refractivity contribution is -0.697. The molecule has 0 bridgehead atoms. The van der Waals surface area contributed by atoms with Gasteiger partial charge in [-0.1, -0.05) is 78.6 Å². The number of aromatic nitrogens is 1. The van der Waals surface area contributed by atoms with Crippen molar-refractivity contribution in [1.82, 2.24) is 0 Å². The van der Waals surface area contributed by atoms with E-state index in [4.69, 9.17) is 0 Å². The van der Waals surface area contributed by atoms with Crippen LogP contribution in [-0.2, 0) is 19.4 Å². The summed E-state index contributed by atoms with van der Waals surface area (Å²) in [5.74, 6) is 0. The Hall–Kier alpha value is -0.850. The van der Waals surface area contributed by atoms with Crippen molar-refractivity contribution in [3.05, 3.63) is 29.6 Å². The second-order valence-electron chi connectivity index (χ2n) is 7.42. The number of hydrogen-bond donors (Lipinski definition) is 0. The molecule has 0 unspecified atom stereocenters. The Balaban J connectivity index is 2.54. The molecule has 0 fully saturated rings. The number of unbranched alkanes of at least 4 members (excludes halogenated alkanes) is 9. The van der Waals surface area contributed by atoms with E-state index in [1.807, 2.05) is 0 Å². The maximum Gasteiger partial charge on any atom is 0.172 e. The Morgan fingerprint density at radius 1 is 0.625 bits per heavy atom. The molecule has 0 radical (unpaired) electrons. The number of hydrogen-bond acceptors (Lipinski definition) is 0. The highest BCUT2D eigenvalue weighted by molar-refractivity contribution is 5.21. The molecular weight excluding hydrogens is 290 g/mol. The third-order valence-corrected chi connectivity index (χ3v) is 5.07. The van der Waals surface area contributed by atoms with Gasteiger partial charge in [0.25, 0.3) is 0 Å². The third-order valence-electron chi connectivity index (χ3n) is 5.07. The summed E-state index contributed by atoms with van der Waals surface area (Å²) in [5.41, 5.74) is 3.25. The Morgan fingerprint density at radius 3 is 1.75 bits per heavy atom. The lowest BCUT2D eigenvalue weighted by atomic mass is 9.98. The molecule has 138 valence electrons. The van der Waals surface area contributed by atoms with E-state index in [1.54, 1.807) is 11.1 Å². The summed E-state index contributed by atoms with van der Waals surface area (Å²) in [6.07, 6.45) is 23.7. The molecule has 0 spiro atoms. The topological polar surface area (TPSA) is 3.88 Å². The fourth-order valence-corrected chi connectivity index (χ4v) is 3.41. The first kappa shape index (κ1) is 21.2. The van der Waals surface area contributed by atoms with Crippen LogP contribution in [0.3, 0.4) is 0 Å². The highest BCUT2D eigenvalue weighted by Crippen LogP contribution is 2.16. The van der Waals surface area contributed by atoms with Crippen molar-refractivity contribution >= 4 is 0 Å². The third kappa shape index (κ3) is 9.45. The monoisotopic (exact) mass is 332 g/mol. The van der Waals surface area contributed by atoms with Gasteiger partial charge in [-0.05, 0) is 31.2 Å². The van der Waals surface area contributed by atoms with Crippen molar-refractivity contribution in [1.29, 1.82) is 0 Å². The minimum Gasteiger partial charge on any atom is -0.205 e. The van der Waals surface area contributed by atoms with Crippen LogP contribution in [0.15, 0.2) is 18.5 Å². The molecule has 0 atom stereocenters. The second kappa shape index (κ2) is 14.5. The van der Waals surface area contributed by atoms with E-state index < -0.39 is 0 Å². The fraction of sp³-hybridized carbons (Fsp3) is 0.783. The van der Waals surface area contributed by atoms with Crippen LogP contribution in [0.25, 0.3) is 0 Å². The normalized spacial score (nSPS) is 11.1. The first-order valence-corrected chi connectivity index (χ1v) is 10.8. The van der Waals surface area contributed by atoms with Crippen molar-refractivity contribution < 1.29 is 4.57 Å². The van der Waals surface area contributed by atoms with Gasteiger partial charge in [0.05, 0.1) is 0 Å². The fourth-order valence-electron chi connectivity index (χ4n) is 3.41. The molecular formula is C23H42N+. The quantitative estimate of drug-likeness (QED) is 0.245. The zero-order valence-corrected chi connectivity index (χ0v) is 16.8. The predicted octanol–water partition coefficient (Wildman–Crippen LogP) is 6.80. The summed E-state index contributed by atoms with van der Waals surface area (Å²) in [5, 5.41) is 0. The van der Waals surface area contributed by atoms with Crippen molar-refractivity contribution in [2.45, 2.75) is 117 Å². The van der Waals surface area contributed by atoms with E-state index in [2.05, 4.69) is 43.8 Å². The maximum absolute atomic E-state index is 2.46.